The first-order valence-electron chi connectivity index (χ1n) is 10.8. The first-order valence-corrected chi connectivity index (χ1v) is 12.0. The molecule has 0 spiro atoms. The Bertz CT molecular complexity index is 1650. The molecule has 0 saturated carbocycles. The van der Waals surface area contributed by atoms with E-state index in [9.17, 15) is 9.59 Å². The number of aryl methyl sites for hydroxylation is 2. The van der Waals surface area contributed by atoms with Crippen molar-refractivity contribution in [3.05, 3.63) is 75.4 Å². The topological polar surface area (TPSA) is 86.1 Å². The molecule has 35 heavy (non-hydrogen) atoms. The number of fused-ring (bicyclic) bond motifs is 2. The van der Waals surface area contributed by atoms with E-state index >= 15 is 0 Å². The number of thiophene rings is 1. The average molecular weight is 505 g/mol. The van der Waals surface area contributed by atoms with Gasteiger partial charge in [-0.2, -0.15) is 5.10 Å². The summed E-state index contributed by atoms with van der Waals surface area (Å²) >= 11 is 7.59. The van der Waals surface area contributed by atoms with Crippen molar-refractivity contribution in [2.45, 2.75) is 13.8 Å². The minimum Gasteiger partial charge on any atom is -0.465 e. The molecule has 0 bridgehead atoms. The first-order chi connectivity index (χ1) is 16.8. The quantitative estimate of drug-likeness (QED) is 0.296. The second kappa shape index (κ2) is 8.79. The van der Waals surface area contributed by atoms with Crippen LogP contribution in [0.25, 0.3) is 32.2 Å². The largest absolute Gasteiger partial charge is 0.465 e. The van der Waals surface area contributed by atoms with Gasteiger partial charge in [-0.25, -0.2) is 9.78 Å². The van der Waals surface area contributed by atoms with Gasteiger partial charge in [0.05, 0.1) is 34.6 Å². The molecule has 0 aliphatic heterocycles. The predicted molar refractivity (Wildman–Crippen MR) is 140 cm³/mol. The van der Waals surface area contributed by atoms with Gasteiger partial charge in [0.1, 0.15) is 4.88 Å². The zero-order chi connectivity index (χ0) is 24.9. The second-order valence-electron chi connectivity index (χ2n) is 8.14. The van der Waals surface area contributed by atoms with Crippen molar-refractivity contribution in [2.24, 2.45) is 7.05 Å². The molecule has 5 rings (SSSR count). The molecule has 1 amide bonds. The molecule has 9 heteroatoms. The molecule has 0 radical (unpaired) electrons. The third-order valence-corrected chi connectivity index (χ3v) is 7.62. The summed E-state index contributed by atoms with van der Waals surface area (Å²) in [6.07, 6.45) is 0. The molecule has 2 aromatic carbocycles. The van der Waals surface area contributed by atoms with Crippen molar-refractivity contribution < 1.29 is 14.3 Å². The average Bonchev–Trinajstić information content (AvgIpc) is 3.31. The van der Waals surface area contributed by atoms with Gasteiger partial charge in [-0.3, -0.25) is 9.48 Å². The van der Waals surface area contributed by atoms with E-state index in [2.05, 4.69) is 10.4 Å². The molecule has 0 aliphatic carbocycles. The molecule has 7 nitrogen and oxygen atoms in total. The van der Waals surface area contributed by atoms with E-state index in [1.165, 1.54) is 18.4 Å². The van der Waals surface area contributed by atoms with E-state index in [-0.39, 0.29) is 5.91 Å². The minimum absolute atomic E-state index is 0.265. The van der Waals surface area contributed by atoms with Crippen LogP contribution in [0.5, 0.6) is 0 Å². The number of para-hydroxylation sites is 1. The number of benzene rings is 2. The molecule has 0 saturated heterocycles. The Morgan fingerprint density at radius 2 is 1.86 bits per heavy atom. The van der Waals surface area contributed by atoms with Crippen LogP contribution in [0, 0.1) is 13.8 Å². The lowest BCUT2D eigenvalue weighted by molar-refractivity contribution is 0.0606. The lowest BCUT2D eigenvalue weighted by atomic mass is 10.0. The van der Waals surface area contributed by atoms with Crippen molar-refractivity contribution in [1.82, 2.24) is 14.8 Å². The van der Waals surface area contributed by atoms with Crippen LogP contribution in [0.3, 0.4) is 0 Å². The SMILES string of the molecule is COC(=O)c1sc2cc(NC(=O)c3cc(-c4c(C)nn(C)c4C)nc4ccccc34)ccc2c1Cl. The molecule has 0 atom stereocenters. The predicted octanol–water partition coefficient (Wildman–Crippen LogP) is 6.16. The van der Waals surface area contributed by atoms with Gasteiger partial charge in [-0.15, -0.1) is 11.3 Å². The van der Waals surface area contributed by atoms with Crippen molar-refractivity contribution in [2.75, 3.05) is 12.4 Å². The molecular formula is C26H21ClN4O3S. The molecule has 3 aromatic heterocycles. The number of nitrogens with one attached hydrogen (secondary N) is 1. The Kier molecular flexibility index (Phi) is 5.78. The summed E-state index contributed by atoms with van der Waals surface area (Å²) in [7, 11) is 3.20. The van der Waals surface area contributed by atoms with Crippen LogP contribution >= 0.6 is 22.9 Å². The molecule has 0 unspecified atom stereocenters. The van der Waals surface area contributed by atoms with E-state index in [1.807, 2.05) is 55.9 Å². The third-order valence-electron chi connectivity index (χ3n) is 5.98. The van der Waals surface area contributed by atoms with Gasteiger partial charge in [0, 0.05) is 39.5 Å². The van der Waals surface area contributed by atoms with Crippen LogP contribution in [-0.2, 0) is 11.8 Å². The fraction of sp³-hybridized carbons (Fsp3) is 0.154. The maximum absolute atomic E-state index is 13.5. The molecule has 1 N–H and O–H groups in total. The Labute approximate surface area is 210 Å². The maximum atomic E-state index is 13.5. The fourth-order valence-corrected chi connectivity index (χ4v) is 5.67. The van der Waals surface area contributed by atoms with Crippen LogP contribution in [-0.4, -0.2) is 33.8 Å². The Morgan fingerprint density at radius 3 is 2.57 bits per heavy atom. The number of ether oxygens (including phenoxy) is 1. The van der Waals surface area contributed by atoms with E-state index in [4.69, 9.17) is 21.3 Å². The molecule has 0 fully saturated rings. The molecule has 3 heterocycles. The van der Waals surface area contributed by atoms with E-state index in [1.54, 1.807) is 18.2 Å². The van der Waals surface area contributed by atoms with Gasteiger partial charge in [-0.1, -0.05) is 29.8 Å². The molecule has 176 valence electrons. The van der Waals surface area contributed by atoms with Gasteiger partial charge in [0.25, 0.3) is 5.91 Å². The summed E-state index contributed by atoms with van der Waals surface area (Å²) in [6.45, 7) is 3.92. The summed E-state index contributed by atoms with van der Waals surface area (Å²) in [4.78, 5) is 30.6. The smallest absolute Gasteiger partial charge is 0.349 e. The van der Waals surface area contributed by atoms with E-state index in [0.29, 0.717) is 26.8 Å². The molecule has 0 aliphatic rings. The number of aromatic nitrogens is 3. The third kappa shape index (κ3) is 3.94. The number of carbonyl (C=O) groups is 2. The summed E-state index contributed by atoms with van der Waals surface area (Å²) in [5.74, 6) is -0.752. The maximum Gasteiger partial charge on any atom is 0.349 e. The summed E-state index contributed by atoms with van der Waals surface area (Å²) in [6, 6.07) is 14.7. The van der Waals surface area contributed by atoms with Crippen molar-refractivity contribution in [3.8, 4) is 11.3 Å². The number of anilines is 1. The van der Waals surface area contributed by atoms with Gasteiger partial charge < -0.3 is 10.1 Å². The van der Waals surface area contributed by atoms with Crippen LogP contribution in [0.1, 0.15) is 31.4 Å². The number of pyridine rings is 1. The second-order valence-corrected chi connectivity index (χ2v) is 9.57. The number of rotatable bonds is 4. The van der Waals surface area contributed by atoms with Gasteiger partial charge >= 0.3 is 5.97 Å². The highest BCUT2D eigenvalue weighted by Gasteiger charge is 2.20. The van der Waals surface area contributed by atoms with Crippen LogP contribution in [0.2, 0.25) is 5.02 Å². The van der Waals surface area contributed by atoms with Gasteiger partial charge in [-0.05, 0) is 44.2 Å². The number of nitrogens with zero attached hydrogens (tertiary/aromatic N) is 3. The summed E-state index contributed by atoms with van der Waals surface area (Å²) < 4.78 is 7.40. The molecule has 5 aromatic rings. The fourth-order valence-electron chi connectivity index (χ4n) is 4.20. The van der Waals surface area contributed by atoms with Crippen molar-refractivity contribution in [3.63, 3.8) is 0 Å². The number of carbonyl (C=O) groups excluding carboxylic acids is 2. The Balaban J connectivity index is 1.57. The zero-order valence-corrected chi connectivity index (χ0v) is 21.0. The minimum atomic E-state index is -0.487. The lowest BCUT2D eigenvalue weighted by Crippen LogP contribution is -2.13. The summed E-state index contributed by atoms with van der Waals surface area (Å²) in [5, 5.41) is 9.32. The number of esters is 1. The lowest BCUT2D eigenvalue weighted by Gasteiger charge is -2.11. The number of hydrogen-bond acceptors (Lipinski definition) is 6. The van der Waals surface area contributed by atoms with E-state index in [0.717, 1.165) is 37.9 Å². The molecular weight excluding hydrogens is 484 g/mol. The van der Waals surface area contributed by atoms with E-state index < -0.39 is 5.97 Å². The van der Waals surface area contributed by atoms with Gasteiger partial charge in [0.2, 0.25) is 0 Å². The van der Waals surface area contributed by atoms with Gasteiger partial charge in [0.15, 0.2) is 0 Å². The Hall–Kier alpha value is -3.75. The van der Waals surface area contributed by atoms with Crippen LogP contribution < -0.4 is 5.32 Å². The number of hydrogen-bond donors (Lipinski definition) is 1. The summed E-state index contributed by atoms with van der Waals surface area (Å²) in [5.41, 5.74) is 5.25. The normalized spacial score (nSPS) is 11.2. The number of halogens is 1. The highest BCUT2D eigenvalue weighted by Crippen LogP contribution is 2.37. The van der Waals surface area contributed by atoms with Crippen LogP contribution in [0.15, 0.2) is 48.5 Å². The first kappa shape index (κ1) is 23.0. The van der Waals surface area contributed by atoms with Crippen molar-refractivity contribution >= 4 is 61.5 Å². The number of amides is 1. The standard InChI is InChI=1S/C26H21ClN4O3S/c1-13-22(14(2)31(3)30-13)20-12-18(16-7-5-6-8-19(16)29-20)25(32)28-15-9-10-17-21(11-15)35-24(23(17)27)26(33)34-4/h5-12H,1-4H3,(H,28,32). The highest BCUT2D eigenvalue weighted by molar-refractivity contribution is 7.21. The number of methoxy groups -OCH3 is 1. The van der Waals surface area contributed by atoms with Crippen molar-refractivity contribution in [1.29, 1.82) is 0 Å². The zero-order valence-electron chi connectivity index (χ0n) is 19.5. The highest BCUT2D eigenvalue weighted by atomic mass is 35.5. The monoisotopic (exact) mass is 504 g/mol. The Morgan fingerprint density at radius 1 is 1.09 bits per heavy atom. The van der Waals surface area contributed by atoms with Crippen LogP contribution in [0.4, 0.5) is 5.69 Å².